The summed E-state index contributed by atoms with van der Waals surface area (Å²) in [5.74, 6) is -2.54. The Balaban J connectivity index is 1.12. The van der Waals surface area contributed by atoms with Crippen LogP contribution in [0.25, 0.3) is 32.1 Å². The maximum Gasteiger partial charge on any atom is 0.319 e. The van der Waals surface area contributed by atoms with Crippen LogP contribution in [-0.2, 0) is 4.79 Å². The van der Waals surface area contributed by atoms with Crippen LogP contribution in [0.15, 0.2) is 18.2 Å². The van der Waals surface area contributed by atoms with Crippen LogP contribution in [0.5, 0.6) is 6.01 Å². The number of fused-ring (bicyclic) bond motifs is 3. The highest BCUT2D eigenvalue weighted by Crippen LogP contribution is 2.49. The molecule has 0 radical (unpaired) electrons. The number of alkyl halides is 2. The Bertz CT molecular complexity index is 2190. The zero-order chi connectivity index (χ0) is 36.8. The van der Waals surface area contributed by atoms with Gasteiger partial charge in [-0.1, -0.05) is 24.1 Å². The molecule has 5 aliphatic rings. The van der Waals surface area contributed by atoms with Crippen LogP contribution in [0.3, 0.4) is 0 Å². The summed E-state index contributed by atoms with van der Waals surface area (Å²) in [5.41, 5.74) is 5.93. The van der Waals surface area contributed by atoms with Gasteiger partial charge in [0.1, 0.15) is 34.8 Å². The number of carbonyl (C=O) groups excluding carboxylic acids is 1. The number of nitrogens with zero attached hydrogens (tertiary/aromatic N) is 6. The molecule has 9 rings (SSSR count). The molecular weight excluding hydrogens is 730 g/mol. The van der Waals surface area contributed by atoms with Crippen LogP contribution in [0.4, 0.5) is 28.4 Å². The van der Waals surface area contributed by atoms with E-state index >= 15 is 4.39 Å². The van der Waals surface area contributed by atoms with E-state index in [4.69, 9.17) is 27.1 Å². The van der Waals surface area contributed by atoms with Crippen molar-refractivity contribution in [3.8, 4) is 23.2 Å². The standard InChI is InChI=1S/C38H38ClF4N7O2S/c39-25-14-23-30(29(41)28(25)20-5-6-26(40)31-27(20)24(15-44)33(45)53-31)46-36(52-19-38-8-3-11-50(38)12-4-9-38)47-34(23)48-10-2-1-7-37(16-48)17-49(18-37)35(51)22-13-21(22)32(42)43/h5-6,14,21-22,32H,1-4,7-13,16-19,45H2. The summed E-state index contributed by atoms with van der Waals surface area (Å²) < 4.78 is 65.3. The van der Waals surface area contributed by atoms with Crippen LogP contribution in [-0.4, -0.2) is 83.5 Å². The average Bonchev–Trinajstić information content (AvgIpc) is 3.62. The summed E-state index contributed by atoms with van der Waals surface area (Å²) in [5, 5.41) is 10.7. The van der Waals surface area contributed by atoms with E-state index in [-0.39, 0.29) is 71.6 Å². The van der Waals surface area contributed by atoms with Gasteiger partial charge in [0.05, 0.1) is 20.8 Å². The van der Waals surface area contributed by atoms with Crippen LogP contribution < -0.4 is 15.4 Å². The molecule has 2 aromatic heterocycles. The van der Waals surface area contributed by atoms with E-state index in [9.17, 15) is 23.2 Å². The Hall–Kier alpha value is -3.93. The normalized spacial score (nSPS) is 23.4. The lowest BCUT2D eigenvalue weighted by Gasteiger charge is -2.51. The number of ether oxygens (including phenoxy) is 1. The van der Waals surface area contributed by atoms with Crippen molar-refractivity contribution in [1.29, 1.82) is 5.26 Å². The number of hydrogen-bond donors (Lipinski definition) is 1. The lowest BCUT2D eigenvalue weighted by Crippen LogP contribution is -2.62. The van der Waals surface area contributed by atoms with Crippen LogP contribution in [0.1, 0.15) is 56.9 Å². The monoisotopic (exact) mass is 767 g/mol. The zero-order valence-corrected chi connectivity index (χ0v) is 30.5. The largest absolute Gasteiger partial charge is 0.461 e. The summed E-state index contributed by atoms with van der Waals surface area (Å²) in [6, 6.07) is 6.31. The first-order chi connectivity index (χ1) is 25.5. The average molecular weight is 768 g/mol. The Labute approximate surface area is 312 Å². The number of carbonyl (C=O) groups is 1. The zero-order valence-electron chi connectivity index (χ0n) is 28.9. The van der Waals surface area contributed by atoms with Gasteiger partial charge in [-0.25, -0.2) is 17.6 Å². The number of likely N-dealkylation sites (tertiary alicyclic amines) is 1. The molecule has 9 nitrogen and oxygen atoms in total. The van der Waals surface area contributed by atoms with E-state index in [1.165, 1.54) is 12.1 Å². The molecule has 5 fully saturated rings. The number of thiophene rings is 1. The van der Waals surface area contributed by atoms with Crippen molar-refractivity contribution in [1.82, 2.24) is 19.8 Å². The number of nitrogen functional groups attached to an aromatic ring is 1. The lowest BCUT2D eigenvalue weighted by atomic mass is 9.75. The highest BCUT2D eigenvalue weighted by atomic mass is 35.5. The number of aromatic nitrogens is 2. The Morgan fingerprint density at radius 3 is 2.58 bits per heavy atom. The van der Waals surface area contributed by atoms with E-state index in [1.807, 2.05) is 6.07 Å². The number of anilines is 2. The molecule has 1 spiro atoms. The van der Waals surface area contributed by atoms with E-state index in [0.29, 0.717) is 44.0 Å². The fraction of sp³-hybridized carbons (Fsp3) is 0.526. The summed E-state index contributed by atoms with van der Waals surface area (Å²) in [7, 11) is 0. The van der Waals surface area contributed by atoms with Crippen LogP contribution in [0.2, 0.25) is 5.02 Å². The summed E-state index contributed by atoms with van der Waals surface area (Å²) >= 11 is 7.86. The third kappa shape index (κ3) is 5.68. The Morgan fingerprint density at radius 2 is 1.87 bits per heavy atom. The molecule has 6 heterocycles. The molecule has 2 atom stereocenters. The minimum absolute atomic E-state index is 0.0220. The minimum atomic E-state index is -2.49. The van der Waals surface area contributed by atoms with Gasteiger partial charge >= 0.3 is 6.01 Å². The fourth-order valence-corrected chi connectivity index (χ4v) is 10.9. The molecule has 53 heavy (non-hydrogen) atoms. The Kier molecular flexibility index (Phi) is 8.43. The number of hydrogen-bond acceptors (Lipinski definition) is 9. The SMILES string of the molecule is N#Cc1c(N)sc2c(F)ccc(-c3c(Cl)cc4c(N5CCCCC6(CN(C(=O)C7CC7C(F)F)C6)C5)nc(OCC56CCCN5CCC6)nc4c3F)c12. The highest BCUT2D eigenvalue weighted by Gasteiger charge is 2.55. The van der Waals surface area contributed by atoms with Gasteiger partial charge in [0.25, 0.3) is 0 Å². The molecule has 0 bridgehead atoms. The summed E-state index contributed by atoms with van der Waals surface area (Å²) in [6.07, 6.45) is 4.46. The Morgan fingerprint density at radius 1 is 1.09 bits per heavy atom. The first kappa shape index (κ1) is 34.8. The molecule has 2 aromatic carbocycles. The maximum atomic E-state index is 17.2. The quantitative estimate of drug-likeness (QED) is 0.191. The van der Waals surface area contributed by atoms with Crippen molar-refractivity contribution in [2.45, 2.75) is 63.3 Å². The van der Waals surface area contributed by atoms with Crippen molar-refractivity contribution in [2.75, 3.05) is 56.5 Å². The fourth-order valence-electron chi connectivity index (χ4n) is 9.62. The molecule has 4 aromatic rings. The topological polar surface area (TPSA) is 112 Å². The number of amides is 1. The van der Waals surface area contributed by atoms with Gasteiger partial charge in [0, 0.05) is 59.8 Å². The minimum Gasteiger partial charge on any atom is -0.461 e. The van der Waals surface area contributed by atoms with Gasteiger partial charge in [-0.15, -0.1) is 11.3 Å². The van der Waals surface area contributed by atoms with Crippen molar-refractivity contribution in [2.24, 2.45) is 17.3 Å². The summed E-state index contributed by atoms with van der Waals surface area (Å²) in [4.78, 5) is 28.9. The second-order valence-electron chi connectivity index (χ2n) is 15.6. The van der Waals surface area contributed by atoms with Crippen molar-refractivity contribution < 1.29 is 27.1 Å². The van der Waals surface area contributed by atoms with Gasteiger partial charge in [-0.05, 0) is 75.7 Å². The molecule has 2 N–H and O–H groups in total. The number of benzene rings is 2. The third-order valence-electron chi connectivity index (χ3n) is 12.4. The van der Waals surface area contributed by atoms with E-state index in [1.54, 1.807) is 11.0 Å². The first-order valence-electron chi connectivity index (χ1n) is 18.3. The first-order valence-corrected chi connectivity index (χ1v) is 19.5. The highest BCUT2D eigenvalue weighted by molar-refractivity contribution is 7.23. The molecule has 1 amide bonds. The second kappa shape index (κ2) is 12.8. The van der Waals surface area contributed by atoms with E-state index < -0.39 is 29.9 Å². The molecule has 1 aliphatic carbocycles. The van der Waals surface area contributed by atoms with Crippen LogP contribution in [0, 0.1) is 40.2 Å². The van der Waals surface area contributed by atoms with Gasteiger partial charge in [0.15, 0.2) is 5.82 Å². The number of rotatable bonds is 7. The van der Waals surface area contributed by atoms with Gasteiger partial charge < -0.3 is 20.3 Å². The molecule has 4 aliphatic heterocycles. The molecule has 278 valence electrons. The third-order valence-corrected chi connectivity index (χ3v) is 13.7. The summed E-state index contributed by atoms with van der Waals surface area (Å²) in [6.45, 7) is 4.42. The molecule has 1 saturated carbocycles. The predicted octanol–water partition coefficient (Wildman–Crippen LogP) is 7.62. The number of nitriles is 1. The second-order valence-corrected chi connectivity index (χ2v) is 17.1. The number of nitrogens with two attached hydrogens (primary N) is 1. The van der Waals surface area contributed by atoms with Gasteiger partial charge in [-0.3, -0.25) is 9.69 Å². The van der Waals surface area contributed by atoms with Crippen molar-refractivity contribution in [3.63, 3.8) is 0 Å². The van der Waals surface area contributed by atoms with Crippen molar-refractivity contribution in [3.05, 3.63) is 40.4 Å². The molecule has 4 saturated heterocycles. The van der Waals surface area contributed by atoms with Gasteiger partial charge in [0.2, 0.25) is 12.3 Å². The predicted molar refractivity (Wildman–Crippen MR) is 195 cm³/mol. The smallest absolute Gasteiger partial charge is 0.319 e. The maximum absolute atomic E-state index is 17.2. The van der Waals surface area contributed by atoms with E-state index in [0.717, 1.165) is 69.4 Å². The van der Waals surface area contributed by atoms with Crippen molar-refractivity contribution >= 4 is 60.7 Å². The van der Waals surface area contributed by atoms with Crippen LogP contribution >= 0.6 is 22.9 Å². The van der Waals surface area contributed by atoms with Gasteiger partial charge in [-0.2, -0.15) is 15.2 Å². The van der Waals surface area contributed by atoms with E-state index in [2.05, 4.69) is 14.8 Å². The number of halogens is 5. The lowest BCUT2D eigenvalue weighted by molar-refractivity contribution is -0.145. The molecule has 2 unspecified atom stereocenters. The molecule has 15 heteroatoms. The molecular formula is C38H38ClF4N7O2S.